The Kier molecular flexibility index (Phi) is 4.56. The number of carbonyl (C=O) groups excluding carboxylic acids is 1. The van der Waals surface area contributed by atoms with Crippen LogP contribution in [0.5, 0.6) is 0 Å². The summed E-state index contributed by atoms with van der Waals surface area (Å²) in [6.07, 6.45) is 0.166. The van der Waals surface area contributed by atoms with E-state index >= 15 is 0 Å². The van der Waals surface area contributed by atoms with Crippen molar-refractivity contribution in [1.82, 2.24) is 0 Å². The molecule has 0 saturated carbocycles. The molecule has 0 aliphatic heterocycles. The standard InChI is InChI=1S/C16H16NO2/c1-2-14-10-6-7-11-15(14)17-16(18)19-12-13-8-4-3-5-9-13/h3-11H,1-2,12H2,(H,17,18). The molecule has 2 aromatic carbocycles. The summed E-state index contributed by atoms with van der Waals surface area (Å²) in [6, 6.07) is 17.1. The van der Waals surface area contributed by atoms with Gasteiger partial charge in [-0.25, -0.2) is 4.79 Å². The van der Waals surface area contributed by atoms with Gasteiger partial charge >= 0.3 is 6.09 Å². The van der Waals surface area contributed by atoms with Crippen LogP contribution in [0.3, 0.4) is 0 Å². The number of rotatable bonds is 4. The molecule has 0 bridgehead atoms. The molecule has 2 aromatic rings. The fourth-order valence-corrected chi connectivity index (χ4v) is 1.73. The third kappa shape index (κ3) is 3.85. The van der Waals surface area contributed by atoms with E-state index in [1.165, 1.54) is 0 Å². The zero-order valence-electron chi connectivity index (χ0n) is 10.6. The molecular weight excluding hydrogens is 238 g/mol. The summed E-state index contributed by atoms with van der Waals surface area (Å²) in [4.78, 5) is 11.7. The van der Waals surface area contributed by atoms with E-state index in [4.69, 9.17) is 4.74 Å². The van der Waals surface area contributed by atoms with Crippen LogP contribution >= 0.6 is 0 Å². The Bertz CT molecular complexity index is 537. The topological polar surface area (TPSA) is 38.3 Å². The summed E-state index contributed by atoms with van der Waals surface area (Å²) in [5.41, 5.74) is 2.69. The number of hydrogen-bond acceptors (Lipinski definition) is 2. The van der Waals surface area contributed by atoms with Crippen molar-refractivity contribution in [2.45, 2.75) is 13.0 Å². The highest BCUT2D eigenvalue weighted by Crippen LogP contribution is 2.15. The fraction of sp³-hybridized carbons (Fsp3) is 0.125. The molecule has 0 aromatic heterocycles. The Labute approximate surface area is 113 Å². The predicted molar refractivity (Wildman–Crippen MR) is 75.8 cm³/mol. The Hall–Kier alpha value is -2.29. The number of hydrogen-bond donors (Lipinski definition) is 1. The minimum absolute atomic E-state index is 0.263. The molecule has 0 aliphatic carbocycles. The molecule has 0 unspecified atom stereocenters. The van der Waals surface area contributed by atoms with Crippen LogP contribution in [0.2, 0.25) is 0 Å². The molecule has 3 heteroatoms. The van der Waals surface area contributed by atoms with Crippen LogP contribution in [0.4, 0.5) is 10.5 Å². The van der Waals surface area contributed by atoms with Gasteiger partial charge in [0.05, 0.1) is 0 Å². The zero-order valence-corrected chi connectivity index (χ0v) is 10.6. The number of para-hydroxylation sites is 1. The summed E-state index contributed by atoms with van der Waals surface area (Å²) in [6.45, 7) is 4.09. The Morgan fingerprint density at radius 2 is 1.74 bits per heavy atom. The third-order valence-corrected chi connectivity index (χ3v) is 2.74. The van der Waals surface area contributed by atoms with Gasteiger partial charge in [-0.15, -0.1) is 0 Å². The predicted octanol–water partition coefficient (Wildman–Crippen LogP) is 3.81. The van der Waals surface area contributed by atoms with Gasteiger partial charge in [0.25, 0.3) is 0 Å². The maximum Gasteiger partial charge on any atom is 0.411 e. The lowest BCUT2D eigenvalue weighted by Gasteiger charge is -2.10. The highest BCUT2D eigenvalue weighted by molar-refractivity contribution is 5.85. The van der Waals surface area contributed by atoms with E-state index in [2.05, 4.69) is 12.2 Å². The second-order valence-electron chi connectivity index (χ2n) is 4.09. The first-order chi connectivity index (χ1) is 9.29. The Balaban J connectivity index is 1.91. The third-order valence-electron chi connectivity index (χ3n) is 2.74. The highest BCUT2D eigenvalue weighted by Gasteiger charge is 2.06. The van der Waals surface area contributed by atoms with Gasteiger partial charge in [-0.3, -0.25) is 5.32 Å². The van der Waals surface area contributed by atoms with Crippen molar-refractivity contribution >= 4 is 11.8 Å². The molecule has 0 fully saturated rings. The minimum Gasteiger partial charge on any atom is -0.444 e. The van der Waals surface area contributed by atoms with E-state index in [9.17, 15) is 4.79 Å². The molecule has 0 spiro atoms. The van der Waals surface area contributed by atoms with E-state index in [-0.39, 0.29) is 6.61 Å². The van der Waals surface area contributed by atoms with Gasteiger partial charge in [0.1, 0.15) is 6.61 Å². The van der Waals surface area contributed by atoms with Crippen molar-refractivity contribution in [2.75, 3.05) is 5.32 Å². The lowest BCUT2D eigenvalue weighted by molar-refractivity contribution is 0.155. The number of ether oxygens (including phenoxy) is 1. The summed E-state index contributed by atoms with van der Waals surface area (Å²) in [5.74, 6) is 0. The lowest BCUT2D eigenvalue weighted by Crippen LogP contribution is -2.14. The van der Waals surface area contributed by atoms with Crippen LogP contribution in [-0.2, 0) is 17.8 Å². The average molecular weight is 254 g/mol. The van der Waals surface area contributed by atoms with Crippen molar-refractivity contribution in [1.29, 1.82) is 0 Å². The van der Waals surface area contributed by atoms with Gasteiger partial charge < -0.3 is 4.74 Å². The van der Waals surface area contributed by atoms with Crippen molar-refractivity contribution in [3.63, 3.8) is 0 Å². The van der Waals surface area contributed by atoms with Gasteiger partial charge in [0.15, 0.2) is 0 Å². The molecule has 0 aliphatic rings. The Morgan fingerprint density at radius 1 is 1.05 bits per heavy atom. The number of anilines is 1. The van der Waals surface area contributed by atoms with Crippen LogP contribution in [-0.4, -0.2) is 6.09 Å². The zero-order chi connectivity index (χ0) is 13.5. The highest BCUT2D eigenvalue weighted by atomic mass is 16.5. The van der Waals surface area contributed by atoms with E-state index < -0.39 is 6.09 Å². The fourth-order valence-electron chi connectivity index (χ4n) is 1.73. The second-order valence-corrected chi connectivity index (χ2v) is 4.09. The molecule has 3 nitrogen and oxygen atoms in total. The number of carbonyl (C=O) groups is 1. The number of amides is 1. The molecule has 19 heavy (non-hydrogen) atoms. The molecule has 0 heterocycles. The summed E-state index contributed by atoms with van der Waals surface area (Å²) in [5, 5.41) is 2.73. The molecule has 97 valence electrons. The number of benzene rings is 2. The van der Waals surface area contributed by atoms with Crippen molar-refractivity contribution in [2.24, 2.45) is 0 Å². The minimum atomic E-state index is -0.454. The van der Waals surface area contributed by atoms with E-state index in [0.717, 1.165) is 16.8 Å². The second kappa shape index (κ2) is 6.59. The van der Waals surface area contributed by atoms with Crippen LogP contribution in [0.25, 0.3) is 0 Å². The molecule has 1 amide bonds. The van der Waals surface area contributed by atoms with Gasteiger partial charge in [0.2, 0.25) is 0 Å². The summed E-state index contributed by atoms with van der Waals surface area (Å²) in [7, 11) is 0. The van der Waals surface area contributed by atoms with Crippen LogP contribution < -0.4 is 5.32 Å². The van der Waals surface area contributed by atoms with Crippen molar-refractivity contribution < 1.29 is 9.53 Å². The summed E-state index contributed by atoms with van der Waals surface area (Å²) >= 11 is 0. The first kappa shape index (κ1) is 13.1. The van der Waals surface area contributed by atoms with Gasteiger partial charge in [-0.1, -0.05) is 48.5 Å². The van der Waals surface area contributed by atoms with Crippen LogP contribution in [0, 0.1) is 6.92 Å². The maximum absolute atomic E-state index is 11.7. The summed E-state index contributed by atoms with van der Waals surface area (Å²) < 4.78 is 5.16. The van der Waals surface area contributed by atoms with Crippen molar-refractivity contribution in [3.05, 3.63) is 72.6 Å². The molecule has 1 radical (unpaired) electrons. The molecule has 0 saturated heterocycles. The molecule has 0 atom stereocenters. The first-order valence-electron chi connectivity index (χ1n) is 6.14. The normalized spacial score (nSPS) is 9.95. The van der Waals surface area contributed by atoms with E-state index in [0.29, 0.717) is 6.42 Å². The lowest BCUT2D eigenvalue weighted by atomic mass is 10.1. The average Bonchev–Trinajstić information content (AvgIpc) is 2.47. The van der Waals surface area contributed by atoms with Crippen molar-refractivity contribution in [3.8, 4) is 0 Å². The SMILES string of the molecule is [CH2]Cc1ccccc1NC(=O)OCc1ccccc1. The maximum atomic E-state index is 11.7. The van der Waals surface area contributed by atoms with Crippen LogP contribution in [0.1, 0.15) is 11.1 Å². The van der Waals surface area contributed by atoms with Crippen LogP contribution in [0.15, 0.2) is 54.6 Å². The van der Waals surface area contributed by atoms with Gasteiger partial charge in [0, 0.05) is 5.69 Å². The monoisotopic (exact) mass is 254 g/mol. The quantitative estimate of drug-likeness (QED) is 0.901. The molecule has 1 N–H and O–H groups in total. The largest absolute Gasteiger partial charge is 0.444 e. The van der Waals surface area contributed by atoms with E-state index in [1.807, 2.05) is 54.6 Å². The van der Waals surface area contributed by atoms with E-state index in [1.54, 1.807) is 0 Å². The number of nitrogens with one attached hydrogen (secondary N) is 1. The molecular formula is C16H16NO2. The Morgan fingerprint density at radius 3 is 2.47 bits per heavy atom. The van der Waals surface area contributed by atoms with Gasteiger partial charge in [-0.05, 0) is 30.5 Å². The molecule has 2 rings (SSSR count). The smallest absolute Gasteiger partial charge is 0.411 e. The van der Waals surface area contributed by atoms with Gasteiger partial charge in [-0.2, -0.15) is 0 Å². The first-order valence-corrected chi connectivity index (χ1v) is 6.14.